The van der Waals surface area contributed by atoms with Crippen LogP contribution in [0.5, 0.6) is 0 Å². The molecule has 0 atom stereocenters. The van der Waals surface area contributed by atoms with Crippen LogP contribution in [0.4, 0.5) is 38.5 Å². The average Bonchev–Trinajstić information content (AvgIpc) is 3.04. The van der Waals surface area contributed by atoms with E-state index >= 15 is 0 Å². The fourth-order valence-corrected chi connectivity index (χ4v) is 7.78. The van der Waals surface area contributed by atoms with E-state index in [-0.39, 0.29) is 17.9 Å². The van der Waals surface area contributed by atoms with E-state index in [0.29, 0.717) is 0 Å². The summed E-state index contributed by atoms with van der Waals surface area (Å²) in [7, 11) is 0. The van der Waals surface area contributed by atoms with E-state index < -0.39 is 0 Å². The van der Waals surface area contributed by atoms with Crippen molar-refractivity contribution >= 4 is 57.2 Å². The summed E-state index contributed by atoms with van der Waals surface area (Å²) < 4.78 is 14.7. The van der Waals surface area contributed by atoms with Crippen LogP contribution in [-0.4, -0.2) is 6.71 Å². The van der Waals surface area contributed by atoms with E-state index in [1.165, 1.54) is 50.6 Å². The lowest BCUT2D eigenvalue weighted by atomic mass is 9.33. The van der Waals surface area contributed by atoms with E-state index in [9.17, 15) is 4.39 Å². The van der Waals surface area contributed by atoms with Crippen molar-refractivity contribution in [3.63, 3.8) is 0 Å². The first kappa shape index (κ1) is 24.5. The summed E-state index contributed by atoms with van der Waals surface area (Å²) in [6, 6.07) is 46.6. The molecular weight excluding hydrogens is 526 g/mol. The predicted octanol–water partition coefficient (Wildman–Crippen LogP) is 8.21. The summed E-state index contributed by atoms with van der Waals surface area (Å²) in [6.07, 6.45) is 0. The third kappa shape index (κ3) is 3.29. The molecule has 0 aromatic heterocycles. The van der Waals surface area contributed by atoms with Gasteiger partial charge >= 0.3 is 0 Å². The molecule has 0 aliphatic carbocycles. The summed E-state index contributed by atoms with van der Waals surface area (Å²) in [4.78, 5) is 4.88. The average molecular weight is 554 g/mol. The highest BCUT2D eigenvalue weighted by Gasteiger charge is 2.48. The van der Waals surface area contributed by atoms with Gasteiger partial charge in [0.15, 0.2) is 0 Å². The highest BCUT2D eigenvalue weighted by Crippen LogP contribution is 2.54. The maximum absolute atomic E-state index is 14.7. The Kier molecular flexibility index (Phi) is 4.97. The van der Waals surface area contributed by atoms with Gasteiger partial charge in [-0.05, 0) is 87.2 Å². The molecule has 6 aromatic carbocycles. The zero-order valence-electron chi connectivity index (χ0n) is 24.1. The summed E-state index contributed by atoms with van der Waals surface area (Å²) >= 11 is 0. The number of nitrogens with zero attached hydrogens (tertiary/aromatic N) is 2. The molecular formula is C39H28BFN2. The monoisotopic (exact) mass is 554 g/mol. The van der Waals surface area contributed by atoms with Gasteiger partial charge in [0, 0.05) is 33.9 Å². The second-order valence-corrected chi connectivity index (χ2v) is 12.3. The molecule has 0 fully saturated rings. The van der Waals surface area contributed by atoms with Gasteiger partial charge < -0.3 is 9.80 Å². The maximum Gasteiger partial charge on any atom is 0.252 e. The van der Waals surface area contributed by atoms with Gasteiger partial charge in [-0.2, -0.15) is 0 Å². The van der Waals surface area contributed by atoms with Gasteiger partial charge in [-0.25, -0.2) is 4.39 Å². The van der Waals surface area contributed by atoms with Crippen LogP contribution in [0.1, 0.15) is 25.0 Å². The topological polar surface area (TPSA) is 6.48 Å². The first-order valence-corrected chi connectivity index (χ1v) is 14.9. The fraction of sp³-hybridized carbons (Fsp3) is 0.0769. The number of hydrogen-bond donors (Lipinski definition) is 0. The van der Waals surface area contributed by atoms with Crippen molar-refractivity contribution in [1.82, 2.24) is 0 Å². The van der Waals surface area contributed by atoms with Crippen molar-refractivity contribution in [3.05, 3.63) is 150 Å². The van der Waals surface area contributed by atoms with E-state index in [1.807, 2.05) is 6.07 Å². The Morgan fingerprint density at radius 1 is 0.535 bits per heavy atom. The standard InChI is InChI=1S/C39H28BFN2/c1-39(2)29-16-6-8-20-33(29)43-36-24-26(25-12-10-13-27(41)22-25)23-35-37(36)40(32-19-11-17-30(39)38(32)43)31-18-7-9-21-34(31)42(35)28-14-4-3-5-15-28/h3-24H,1-2H3. The number of para-hydroxylation sites is 4. The Morgan fingerprint density at radius 2 is 1.19 bits per heavy atom. The van der Waals surface area contributed by atoms with Crippen molar-refractivity contribution in [3.8, 4) is 11.1 Å². The molecule has 3 aliphatic heterocycles. The van der Waals surface area contributed by atoms with Crippen molar-refractivity contribution in [2.45, 2.75) is 19.3 Å². The van der Waals surface area contributed by atoms with E-state index in [4.69, 9.17) is 0 Å². The molecule has 0 saturated carbocycles. The minimum atomic E-state index is -0.232. The third-order valence-corrected chi connectivity index (χ3v) is 9.66. The third-order valence-electron chi connectivity index (χ3n) is 9.66. The van der Waals surface area contributed by atoms with E-state index in [2.05, 4.69) is 133 Å². The van der Waals surface area contributed by atoms with Crippen molar-refractivity contribution in [1.29, 1.82) is 0 Å². The number of benzene rings is 6. The summed E-state index contributed by atoms with van der Waals surface area (Å²) in [5.41, 5.74) is 15.3. The van der Waals surface area contributed by atoms with Gasteiger partial charge in [0.25, 0.3) is 6.71 Å². The molecule has 0 amide bonds. The highest BCUT2D eigenvalue weighted by molar-refractivity contribution is 7.00. The quantitative estimate of drug-likeness (QED) is 0.199. The summed E-state index contributed by atoms with van der Waals surface area (Å²) in [6.45, 7) is 4.75. The minimum absolute atomic E-state index is 0.0648. The second kappa shape index (κ2) is 8.72. The first-order chi connectivity index (χ1) is 21.0. The van der Waals surface area contributed by atoms with Gasteiger partial charge in [0.2, 0.25) is 0 Å². The molecule has 0 bridgehead atoms. The molecule has 43 heavy (non-hydrogen) atoms. The van der Waals surface area contributed by atoms with Gasteiger partial charge in [-0.15, -0.1) is 0 Å². The molecule has 0 radical (unpaired) electrons. The minimum Gasteiger partial charge on any atom is -0.311 e. The lowest BCUT2D eigenvalue weighted by molar-refractivity contribution is 0.628. The summed E-state index contributed by atoms with van der Waals surface area (Å²) in [5.74, 6) is -0.232. The van der Waals surface area contributed by atoms with E-state index in [1.54, 1.807) is 12.1 Å². The molecule has 204 valence electrons. The zero-order valence-corrected chi connectivity index (χ0v) is 24.1. The maximum atomic E-state index is 14.7. The van der Waals surface area contributed by atoms with Crippen LogP contribution in [0.15, 0.2) is 133 Å². The Hall–Kier alpha value is -5.09. The van der Waals surface area contributed by atoms with Gasteiger partial charge in [0.05, 0.1) is 5.69 Å². The Bertz CT molecular complexity index is 2100. The Morgan fingerprint density at radius 3 is 2.00 bits per heavy atom. The molecule has 3 aliphatic rings. The zero-order chi connectivity index (χ0) is 28.9. The number of hydrogen-bond acceptors (Lipinski definition) is 2. The molecule has 2 nitrogen and oxygen atoms in total. The predicted molar refractivity (Wildman–Crippen MR) is 178 cm³/mol. The van der Waals surface area contributed by atoms with E-state index in [0.717, 1.165) is 28.2 Å². The smallest absolute Gasteiger partial charge is 0.252 e. The van der Waals surface area contributed by atoms with Crippen molar-refractivity contribution < 1.29 is 4.39 Å². The molecule has 4 heteroatoms. The largest absolute Gasteiger partial charge is 0.311 e. The van der Waals surface area contributed by atoms with Gasteiger partial charge in [0.1, 0.15) is 5.82 Å². The highest BCUT2D eigenvalue weighted by atomic mass is 19.1. The van der Waals surface area contributed by atoms with Crippen LogP contribution in [0.2, 0.25) is 0 Å². The molecule has 0 spiro atoms. The number of halogens is 1. The van der Waals surface area contributed by atoms with Crippen molar-refractivity contribution in [2.24, 2.45) is 0 Å². The molecule has 0 saturated heterocycles. The lowest BCUT2D eigenvalue weighted by Crippen LogP contribution is -2.62. The molecule has 3 heterocycles. The van der Waals surface area contributed by atoms with Crippen LogP contribution in [0, 0.1) is 5.82 Å². The molecule has 6 aromatic rings. The van der Waals surface area contributed by atoms with Gasteiger partial charge in [-0.1, -0.05) is 98.8 Å². The molecule has 0 unspecified atom stereocenters. The molecule has 9 rings (SSSR count). The first-order valence-electron chi connectivity index (χ1n) is 14.9. The molecule has 0 N–H and O–H groups in total. The summed E-state index contributed by atoms with van der Waals surface area (Å²) in [5, 5.41) is 0. The van der Waals surface area contributed by atoms with Crippen LogP contribution >= 0.6 is 0 Å². The van der Waals surface area contributed by atoms with Crippen LogP contribution in [0.3, 0.4) is 0 Å². The van der Waals surface area contributed by atoms with Crippen molar-refractivity contribution in [2.75, 3.05) is 9.80 Å². The van der Waals surface area contributed by atoms with Crippen LogP contribution < -0.4 is 26.2 Å². The number of fused-ring (bicyclic) bond motifs is 6. The Labute approximate surface area is 251 Å². The normalized spacial score (nSPS) is 14.9. The second-order valence-electron chi connectivity index (χ2n) is 12.3. The number of anilines is 6. The SMILES string of the molecule is CC1(C)c2ccccc2N2c3cc(-c4cccc(F)c4)cc4c3B(c3ccccc3N4c3ccccc3)c3cccc1c32. The van der Waals surface area contributed by atoms with Crippen LogP contribution in [0.25, 0.3) is 11.1 Å². The van der Waals surface area contributed by atoms with Crippen LogP contribution in [-0.2, 0) is 5.41 Å². The fourth-order valence-electron chi connectivity index (χ4n) is 7.78. The Balaban J connectivity index is 1.45. The lowest BCUT2D eigenvalue weighted by Gasteiger charge is -2.49. The number of rotatable bonds is 2. The van der Waals surface area contributed by atoms with Gasteiger partial charge in [-0.3, -0.25) is 0 Å².